The molecule has 1 heterocycles. The van der Waals surface area contributed by atoms with E-state index in [0.29, 0.717) is 12.2 Å². The lowest BCUT2D eigenvalue weighted by atomic mass is 10.1. The van der Waals surface area contributed by atoms with Gasteiger partial charge in [-0.05, 0) is 31.0 Å². The quantitative estimate of drug-likeness (QED) is 0.0662. The molecule has 2 aromatic rings. The van der Waals surface area contributed by atoms with Crippen molar-refractivity contribution in [3.05, 3.63) is 36.5 Å². The molecule has 3 nitrogen and oxygen atoms in total. The van der Waals surface area contributed by atoms with Gasteiger partial charge in [0.1, 0.15) is 6.54 Å². The average molecular weight is 577 g/mol. The van der Waals surface area contributed by atoms with Gasteiger partial charge in [-0.1, -0.05) is 123 Å². The number of hydrogen-bond acceptors (Lipinski definition) is 2. The molecule has 0 bridgehead atoms. The molecule has 1 aromatic carbocycles. The van der Waals surface area contributed by atoms with E-state index in [2.05, 4.69) is 42.8 Å². The summed E-state index contributed by atoms with van der Waals surface area (Å²) in [6.45, 7) is 5.51. The van der Waals surface area contributed by atoms with Crippen LogP contribution < -0.4 is 26.3 Å². The maximum absolute atomic E-state index is 12.6. The van der Waals surface area contributed by atoms with E-state index in [1.165, 1.54) is 109 Å². The first-order chi connectivity index (χ1) is 17.8. The normalized spacial score (nSPS) is 11.0. The van der Waals surface area contributed by atoms with Gasteiger partial charge in [-0.25, -0.2) is 0 Å². The molecule has 0 radical (unpaired) electrons. The fourth-order valence-corrected chi connectivity index (χ4v) is 5.10. The van der Waals surface area contributed by atoms with Crippen LogP contribution in [-0.2, 0) is 11.3 Å². The number of fused-ring (bicyclic) bond motifs is 1. The van der Waals surface area contributed by atoms with Crippen LogP contribution in [0.2, 0.25) is 0 Å². The zero-order chi connectivity index (χ0) is 25.7. The summed E-state index contributed by atoms with van der Waals surface area (Å²) in [6, 6.07) is 10.3. The maximum atomic E-state index is 12.6. The molecule has 2 rings (SSSR count). The van der Waals surface area contributed by atoms with Crippen LogP contribution in [0.5, 0.6) is 5.75 Å². The van der Waals surface area contributed by atoms with Gasteiger partial charge in [0.05, 0.1) is 5.39 Å². The average Bonchev–Trinajstić information content (AvgIpc) is 2.89. The van der Waals surface area contributed by atoms with E-state index in [9.17, 15) is 4.79 Å². The summed E-state index contributed by atoms with van der Waals surface area (Å²) in [5.41, 5.74) is 1.05. The van der Waals surface area contributed by atoms with Crippen molar-refractivity contribution in [1.82, 2.24) is 0 Å². The molecule has 0 aliphatic heterocycles. The molecular weight excluding hydrogens is 522 g/mol. The van der Waals surface area contributed by atoms with Gasteiger partial charge >= 0.3 is 5.97 Å². The third-order valence-corrected chi connectivity index (χ3v) is 7.32. The molecule has 0 unspecified atom stereocenters. The van der Waals surface area contributed by atoms with Crippen LogP contribution in [0, 0.1) is 0 Å². The van der Waals surface area contributed by atoms with Crippen molar-refractivity contribution in [2.24, 2.45) is 0 Å². The molecule has 0 atom stereocenters. The van der Waals surface area contributed by atoms with Gasteiger partial charge in [0.2, 0.25) is 5.75 Å². The van der Waals surface area contributed by atoms with Gasteiger partial charge in [0.25, 0.3) is 5.52 Å². The second-order valence-electron chi connectivity index (χ2n) is 10.6. The number of carbonyl (C=O) groups excluding carboxylic acids is 1. The maximum Gasteiger partial charge on any atom is 0.311 e. The summed E-state index contributed by atoms with van der Waals surface area (Å²) < 4.78 is 8.16. The monoisotopic (exact) mass is 575 g/mol. The Morgan fingerprint density at radius 3 is 1.70 bits per heavy atom. The number of para-hydroxylation sites is 1. The Hall–Kier alpha value is -1.42. The van der Waals surface area contributed by atoms with Gasteiger partial charge in [-0.2, -0.15) is 4.57 Å². The van der Waals surface area contributed by atoms with Gasteiger partial charge < -0.3 is 21.7 Å². The van der Waals surface area contributed by atoms with Crippen LogP contribution >= 0.6 is 0 Å². The number of aryl methyl sites for hydroxylation is 1. The molecule has 0 aliphatic rings. The number of hydrogen-bond donors (Lipinski definition) is 0. The zero-order valence-corrected chi connectivity index (χ0v) is 25.5. The first-order valence-electron chi connectivity index (χ1n) is 15.4. The predicted octanol–water partition coefficient (Wildman–Crippen LogP) is 6.88. The molecule has 210 valence electrons. The van der Waals surface area contributed by atoms with E-state index in [1.54, 1.807) is 0 Å². The summed E-state index contributed by atoms with van der Waals surface area (Å²) in [5.74, 6) is 0.613. The van der Waals surface area contributed by atoms with Crippen molar-refractivity contribution in [3.8, 4) is 5.75 Å². The number of aromatic nitrogens is 1. The molecule has 0 fully saturated rings. The van der Waals surface area contributed by atoms with Gasteiger partial charge in [-0.15, -0.1) is 0 Å². The Labute approximate surface area is 238 Å². The number of esters is 1. The highest BCUT2D eigenvalue weighted by Crippen LogP contribution is 2.23. The number of carbonyl (C=O) groups is 1. The highest BCUT2D eigenvalue weighted by molar-refractivity contribution is 5.84. The smallest absolute Gasteiger partial charge is 0.311 e. The van der Waals surface area contributed by atoms with Gasteiger partial charge in [0, 0.05) is 18.9 Å². The van der Waals surface area contributed by atoms with E-state index in [-0.39, 0.29) is 23.0 Å². The van der Waals surface area contributed by atoms with E-state index in [4.69, 9.17) is 4.74 Å². The minimum Gasteiger partial charge on any atom is -1.00 e. The highest BCUT2D eigenvalue weighted by Gasteiger charge is 2.17. The predicted molar refractivity (Wildman–Crippen MR) is 153 cm³/mol. The lowest BCUT2D eigenvalue weighted by molar-refractivity contribution is -0.672. The third-order valence-electron chi connectivity index (χ3n) is 7.32. The minimum atomic E-state index is -0.0964. The Balaban J connectivity index is 0.00000684. The second kappa shape index (κ2) is 22.6. The van der Waals surface area contributed by atoms with Crippen molar-refractivity contribution >= 4 is 16.9 Å². The Bertz CT molecular complexity index is 833. The number of benzene rings is 1. The largest absolute Gasteiger partial charge is 1.00 e. The van der Waals surface area contributed by atoms with Gasteiger partial charge in [0.15, 0.2) is 6.20 Å². The Kier molecular flexibility index (Phi) is 20.5. The Morgan fingerprint density at radius 1 is 0.649 bits per heavy atom. The van der Waals surface area contributed by atoms with Crippen LogP contribution in [0.3, 0.4) is 0 Å². The standard InChI is InChI=1S/C33H54NO2.BrH/c1-3-5-7-9-11-13-14-15-16-18-20-27-32(35)36-31-26-22-24-30-25-23-29-34(33(30)31)28-21-19-17-12-10-8-6-4-2;/h22-26,29H,3-21,27-28H2,1-2H3;1H/q+1;/p-1. The first-order valence-corrected chi connectivity index (χ1v) is 15.4. The van der Waals surface area contributed by atoms with Crippen LogP contribution in [-0.4, -0.2) is 5.97 Å². The number of ether oxygens (including phenoxy) is 1. The highest BCUT2D eigenvalue weighted by atomic mass is 79.9. The molecule has 4 heteroatoms. The third kappa shape index (κ3) is 14.9. The molecule has 0 spiro atoms. The van der Waals surface area contributed by atoms with Crippen molar-refractivity contribution in [2.75, 3.05) is 0 Å². The molecule has 1 aromatic heterocycles. The number of halogens is 1. The number of nitrogens with zero attached hydrogens (tertiary/aromatic N) is 1. The first kappa shape index (κ1) is 33.6. The summed E-state index contributed by atoms with van der Waals surface area (Å²) >= 11 is 0. The molecule has 0 aliphatic carbocycles. The lowest BCUT2D eigenvalue weighted by Crippen LogP contribution is -3.00. The number of unbranched alkanes of at least 4 members (excludes halogenated alkanes) is 17. The summed E-state index contributed by atoms with van der Waals surface area (Å²) in [7, 11) is 0. The van der Waals surface area contributed by atoms with Crippen LogP contribution in [0.25, 0.3) is 10.9 Å². The molecule has 0 N–H and O–H groups in total. The minimum absolute atomic E-state index is 0. The van der Waals surface area contributed by atoms with Crippen LogP contribution in [0.4, 0.5) is 0 Å². The summed E-state index contributed by atoms with van der Waals surface area (Å²) in [4.78, 5) is 12.6. The van der Waals surface area contributed by atoms with E-state index in [1.807, 2.05) is 12.1 Å². The lowest BCUT2D eigenvalue weighted by Gasteiger charge is -2.08. The molecule has 0 saturated carbocycles. The van der Waals surface area contributed by atoms with E-state index in [0.717, 1.165) is 30.3 Å². The number of pyridine rings is 1. The Morgan fingerprint density at radius 2 is 1.14 bits per heavy atom. The molecule has 37 heavy (non-hydrogen) atoms. The van der Waals surface area contributed by atoms with Crippen molar-refractivity contribution in [1.29, 1.82) is 0 Å². The molecule has 0 amide bonds. The SMILES string of the molecule is CCCCCCCCCCCCCC(=O)Oc1cccc2ccc[n+](CCCCCCCCCC)c12.[Br-]. The fraction of sp³-hybridized carbons (Fsp3) is 0.697. The van der Waals surface area contributed by atoms with Crippen molar-refractivity contribution in [2.45, 2.75) is 149 Å². The van der Waals surface area contributed by atoms with Crippen LogP contribution in [0.1, 0.15) is 142 Å². The topological polar surface area (TPSA) is 30.2 Å². The fourth-order valence-electron chi connectivity index (χ4n) is 5.10. The molecule has 0 saturated heterocycles. The summed E-state index contributed by atoms with van der Waals surface area (Å²) in [5, 5.41) is 1.14. The van der Waals surface area contributed by atoms with Crippen molar-refractivity contribution < 1.29 is 31.1 Å². The van der Waals surface area contributed by atoms with E-state index < -0.39 is 0 Å². The zero-order valence-electron chi connectivity index (χ0n) is 24.0. The van der Waals surface area contributed by atoms with Crippen molar-refractivity contribution in [3.63, 3.8) is 0 Å². The van der Waals surface area contributed by atoms with Gasteiger partial charge in [-0.3, -0.25) is 4.79 Å². The summed E-state index contributed by atoms with van der Waals surface area (Å²) in [6.07, 6.45) is 27.3. The van der Waals surface area contributed by atoms with E-state index >= 15 is 0 Å². The van der Waals surface area contributed by atoms with Crippen LogP contribution in [0.15, 0.2) is 36.5 Å². The molecular formula is C33H54BrNO2. The number of rotatable bonds is 22. The second-order valence-corrected chi connectivity index (χ2v) is 10.6.